The van der Waals surface area contributed by atoms with Gasteiger partial charge in [-0.25, -0.2) is 4.98 Å². The number of fused-ring (bicyclic) bond motifs is 1. The zero-order valence-corrected chi connectivity index (χ0v) is 11.6. The summed E-state index contributed by atoms with van der Waals surface area (Å²) in [5.74, 6) is 0.208. The first-order chi connectivity index (χ1) is 9.45. The van der Waals surface area contributed by atoms with E-state index in [2.05, 4.69) is 25.9 Å². The molecule has 102 valence electrons. The molecule has 0 saturated carbocycles. The fourth-order valence-corrected chi connectivity index (χ4v) is 2.40. The third kappa shape index (κ3) is 2.31. The van der Waals surface area contributed by atoms with Crippen LogP contribution in [0, 0.1) is 0 Å². The lowest BCUT2D eigenvalue weighted by Gasteiger charge is -2.11. The van der Waals surface area contributed by atoms with Gasteiger partial charge >= 0.3 is 6.18 Å². The maximum Gasteiger partial charge on any atom is 0.417 e. The van der Waals surface area contributed by atoms with Crippen LogP contribution in [-0.4, -0.2) is 9.97 Å². The van der Waals surface area contributed by atoms with Gasteiger partial charge in [-0.05, 0) is 30.3 Å². The molecule has 6 heteroatoms. The van der Waals surface area contributed by atoms with Gasteiger partial charge in [-0.2, -0.15) is 13.2 Å². The molecule has 3 aromatic rings. The molecule has 0 unspecified atom stereocenters. The van der Waals surface area contributed by atoms with E-state index in [4.69, 9.17) is 0 Å². The summed E-state index contributed by atoms with van der Waals surface area (Å²) < 4.78 is 39.8. The van der Waals surface area contributed by atoms with E-state index in [1.54, 1.807) is 24.3 Å². The molecule has 0 saturated heterocycles. The molecular weight excluding hydrogens is 333 g/mol. The predicted octanol–water partition coefficient (Wildman–Crippen LogP) is 5.01. The van der Waals surface area contributed by atoms with E-state index in [0.29, 0.717) is 15.5 Å². The first-order valence-electron chi connectivity index (χ1n) is 5.77. The second-order valence-electron chi connectivity index (χ2n) is 4.29. The largest absolute Gasteiger partial charge is 0.417 e. The summed E-state index contributed by atoms with van der Waals surface area (Å²) in [5, 5.41) is 0. The van der Waals surface area contributed by atoms with Gasteiger partial charge in [-0.15, -0.1) is 0 Å². The third-order valence-corrected chi connectivity index (χ3v) is 3.42. The van der Waals surface area contributed by atoms with Gasteiger partial charge in [0.2, 0.25) is 0 Å². The fourth-order valence-electron chi connectivity index (χ4n) is 2.04. The van der Waals surface area contributed by atoms with E-state index in [-0.39, 0.29) is 11.4 Å². The zero-order valence-electron chi connectivity index (χ0n) is 10.0. The summed E-state index contributed by atoms with van der Waals surface area (Å²) in [7, 11) is 0. The maximum atomic E-state index is 13.1. The topological polar surface area (TPSA) is 28.7 Å². The molecule has 0 aliphatic carbocycles. The molecule has 2 nitrogen and oxygen atoms in total. The van der Waals surface area contributed by atoms with Crippen LogP contribution in [0.15, 0.2) is 46.9 Å². The molecule has 1 aromatic heterocycles. The minimum Gasteiger partial charge on any atom is -0.338 e. The first kappa shape index (κ1) is 13.2. The van der Waals surface area contributed by atoms with Crippen molar-refractivity contribution >= 4 is 27.0 Å². The summed E-state index contributed by atoms with van der Waals surface area (Å²) >= 11 is 3.20. The van der Waals surface area contributed by atoms with Crippen LogP contribution in [0.2, 0.25) is 0 Å². The number of benzene rings is 2. The van der Waals surface area contributed by atoms with Crippen LogP contribution in [0.25, 0.3) is 22.4 Å². The van der Waals surface area contributed by atoms with Crippen molar-refractivity contribution < 1.29 is 13.2 Å². The molecule has 1 heterocycles. The van der Waals surface area contributed by atoms with Gasteiger partial charge in [0, 0.05) is 10.0 Å². The van der Waals surface area contributed by atoms with Crippen molar-refractivity contribution in [1.29, 1.82) is 0 Å². The lowest BCUT2D eigenvalue weighted by molar-refractivity contribution is -0.137. The molecule has 0 aliphatic heterocycles. The smallest absolute Gasteiger partial charge is 0.338 e. The Hall–Kier alpha value is -1.82. The highest BCUT2D eigenvalue weighted by Gasteiger charge is 2.34. The number of para-hydroxylation sites is 2. The van der Waals surface area contributed by atoms with Crippen molar-refractivity contribution in [2.75, 3.05) is 0 Å². The number of aromatic amines is 1. The monoisotopic (exact) mass is 340 g/mol. The number of aromatic nitrogens is 2. The molecule has 0 aliphatic rings. The molecule has 2 aromatic carbocycles. The highest BCUT2D eigenvalue weighted by Crippen LogP contribution is 2.37. The first-order valence-corrected chi connectivity index (χ1v) is 6.56. The average Bonchev–Trinajstić information content (AvgIpc) is 2.80. The van der Waals surface area contributed by atoms with Crippen LogP contribution >= 0.6 is 15.9 Å². The number of hydrogen-bond acceptors (Lipinski definition) is 1. The molecule has 0 radical (unpaired) electrons. The van der Waals surface area contributed by atoms with E-state index < -0.39 is 11.7 Å². The van der Waals surface area contributed by atoms with Gasteiger partial charge in [-0.3, -0.25) is 0 Å². The van der Waals surface area contributed by atoms with Crippen LogP contribution < -0.4 is 0 Å². The Kier molecular flexibility index (Phi) is 3.05. The quantitative estimate of drug-likeness (QED) is 0.662. The van der Waals surface area contributed by atoms with Gasteiger partial charge < -0.3 is 4.98 Å². The van der Waals surface area contributed by atoms with Gasteiger partial charge in [0.05, 0.1) is 16.6 Å². The zero-order chi connectivity index (χ0) is 14.3. The highest BCUT2D eigenvalue weighted by atomic mass is 79.9. The Bertz CT molecular complexity index is 744. The van der Waals surface area contributed by atoms with E-state index >= 15 is 0 Å². The molecule has 0 atom stereocenters. The highest BCUT2D eigenvalue weighted by molar-refractivity contribution is 9.10. The molecule has 0 spiro atoms. The number of imidazole rings is 1. The van der Waals surface area contributed by atoms with E-state index in [9.17, 15) is 13.2 Å². The number of rotatable bonds is 1. The van der Waals surface area contributed by atoms with Crippen LogP contribution in [0.5, 0.6) is 0 Å². The number of nitrogens with one attached hydrogen (secondary N) is 1. The number of H-pyrrole nitrogens is 1. The van der Waals surface area contributed by atoms with Crippen LogP contribution in [-0.2, 0) is 6.18 Å². The Labute approximate surface area is 120 Å². The van der Waals surface area contributed by atoms with Crippen molar-refractivity contribution in [1.82, 2.24) is 9.97 Å². The summed E-state index contributed by atoms with van der Waals surface area (Å²) in [4.78, 5) is 7.14. The van der Waals surface area contributed by atoms with Gasteiger partial charge in [-0.1, -0.05) is 28.1 Å². The molecular formula is C14H8BrF3N2. The van der Waals surface area contributed by atoms with Crippen molar-refractivity contribution in [2.45, 2.75) is 6.18 Å². The summed E-state index contributed by atoms with van der Waals surface area (Å²) in [6.07, 6.45) is -4.42. The number of alkyl halides is 3. The van der Waals surface area contributed by atoms with E-state index in [1.165, 1.54) is 12.1 Å². The van der Waals surface area contributed by atoms with E-state index in [0.717, 1.165) is 6.07 Å². The maximum absolute atomic E-state index is 13.1. The molecule has 0 fully saturated rings. The van der Waals surface area contributed by atoms with Crippen LogP contribution in [0.1, 0.15) is 5.56 Å². The minimum absolute atomic E-state index is 0.0306. The molecule has 3 rings (SSSR count). The SMILES string of the molecule is FC(F)(F)c1ccc(Br)cc1-c1nc2ccccc2[nH]1. The fraction of sp³-hybridized carbons (Fsp3) is 0.0714. The molecule has 0 amide bonds. The standard InChI is InChI=1S/C14H8BrF3N2/c15-8-5-6-10(14(16,17)18)9(7-8)13-19-11-3-1-2-4-12(11)20-13/h1-7H,(H,19,20). The lowest BCUT2D eigenvalue weighted by atomic mass is 10.1. The number of halogens is 4. The number of hydrogen-bond donors (Lipinski definition) is 1. The van der Waals surface area contributed by atoms with Crippen molar-refractivity contribution in [3.63, 3.8) is 0 Å². The summed E-state index contributed by atoms with van der Waals surface area (Å²) in [6, 6.07) is 11.0. The Morgan fingerprint density at radius 1 is 1.05 bits per heavy atom. The number of nitrogens with zero attached hydrogens (tertiary/aromatic N) is 1. The van der Waals surface area contributed by atoms with Crippen molar-refractivity contribution in [3.8, 4) is 11.4 Å². The molecule has 1 N–H and O–H groups in total. The van der Waals surface area contributed by atoms with Crippen LogP contribution in [0.4, 0.5) is 13.2 Å². The van der Waals surface area contributed by atoms with Crippen molar-refractivity contribution in [2.24, 2.45) is 0 Å². The minimum atomic E-state index is -4.42. The Morgan fingerprint density at radius 3 is 2.50 bits per heavy atom. The Balaban J connectivity index is 2.25. The van der Waals surface area contributed by atoms with E-state index in [1.807, 2.05) is 0 Å². The average molecular weight is 341 g/mol. The molecule has 20 heavy (non-hydrogen) atoms. The van der Waals surface area contributed by atoms with Gasteiger partial charge in [0.1, 0.15) is 5.82 Å². The lowest BCUT2D eigenvalue weighted by Crippen LogP contribution is -2.07. The van der Waals surface area contributed by atoms with Gasteiger partial charge in [0.15, 0.2) is 0 Å². The predicted molar refractivity (Wildman–Crippen MR) is 74.2 cm³/mol. The normalized spacial score (nSPS) is 12.0. The molecule has 0 bridgehead atoms. The van der Waals surface area contributed by atoms with Gasteiger partial charge in [0.25, 0.3) is 0 Å². The summed E-state index contributed by atoms with van der Waals surface area (Å²) in [6.45, 7) is 0. The summed E-state index contributed by atoms with van der Waals surface area (Å²) in [5.41, 5.74) is 0.661. The second kappa shape index (κ2) is 4.63. The Morgan fingerprint density at radius 2 is 1.80 bits per heavy atom. The van der Waals surface area contributed by atoms with Crippen LogP contribution in [0.3, 0.4) is 0 Å². The second-order valence-corrected chi connectivity index (χ2v) is 5.21. The van der Waals surface area contributed by atoms with Crippen molar-refractivity contribution in [3.05, 3.63) is 52.5 Å². The third-order valence-electron chi connectivity index (χ3n) is 2.93.